The van der Waals surface area contributed by atoms with Crippen LogP contribution in [-0.4, -0.2) is 29.3 Å². The highest BCUT2D eigenvalue weighted by molar-refractivity contribution is 7.99. The highest BCUT2D eigenvalue weighted by Gasteiger charge is 2.50. The molecule has 1 fully saturated rings. The Morgan fingerprint density at radius 1 is 1.33 bits per heavy atom. The van der Waals surface area contributed by atoms with E-state index in [0.717, 1.165) is 5.56 Å². The first-order chi connectivity index (χ1) is 10.1. The fourth-order valence-corrected chi connectivity index (χ4v) is 2.69. The standard InChI is InChI=1S/C15H16N2O3S/c16-7-11-1-3-12(4-2-11)8-21-9-13(18)17-10-15(5-6-15)14(19)20/h1-4H,5-6,8-10H2,(H,17,18)(H,19,20). The quantitative estimate of drug-likeness (QED) is 0.801. The van der Waals surface area contributed by atoms with E-state index >= 15 is 0 Å². The third kappa shape index (κ3) is 4.23. The average molecular weight is 304 g/mol. The topological polar surface area (TPSA) is 90.2 Å². The molecule has 0 aromatic heterocycles. The van der Waals surface area contributed by atoms with Crippen LogP contribution in [-0.2, 0) is 15.3 Å². The molecule has 1 saturated carbocycles. The third-order valence-electron chi connectivity index (χ3n) is 3.52. The monoisotopic (exact) mass is 304 g/mol. The molecule has 1 aromatic carbocycles. The van der Waals surface area contributed by atoms with E-state index in [9.17, 15) is 9.59 Å². The second-order valence-electron chi connectivity index (χ2n) is 5.16. The number of thioether (sulfide) groups is 1. The van der Waals surface area contributed by atoms with Gasteiger partial charge < -0.3 is 10.4 Å². The smallest absolute Gasteiger partial charge is 0.311 e. The van der Waals surface area contributed by atoms with E-state index in [-0.39, 0.29) is 12.5 Å². The number of carbonyl (C=O) groups is 2. The Kier molecular flexibility index (Phi) is 4.86. The zero-order valence-electron chi connectivity index (χ0n) is 11.5. The Morgan fingerprint density at radius 3 is 2.52 bits per heavy atom. The molecule has 0 atom stereocenters. The van der Waals surface area contributed by atoms with Gasteiger partial charge in [-0.15, -0.1) is 11.8 Å². The summed E-state index contributed by atoms with van der Waals surface area (Å²) in [5.74, 6) is 0.0213. The summed E-state index contributed by atoms with van der Waals surface area (Å²) >= 11 is 1.46. The summed E-state index contributed by atoms with van der Waals surface area (Å²) in [5.41, 5.74) is 0.953. The van der Waals surface area contributed by atoms with E-state index < -0.39 is 11.4 Å². The SMILES string of the molecule is N#Cc1ccc(CSCC(=O)NCC2(C(=O)O)CC2)cc1. The molecule has 5 nitrogen and oxygen atoms in total. The molecule has 0 bridgehead atoms. The van der Waals surface area contributed by atoms with E-state index in [2.05, 4.69) is 11.4 Å². The van der Waals surface area contributed by atoms with Gasteiger partial charge in [0.25, 0.3) is 0 Å². The Bertz CT molecular complexity index is 574. The zero-order chi connectivity index (χ0) is 15.3. The highest BCUT2D eigenvalue weighted by atomic mass is 32.2. The van der Waals surface area contributed by atoms with Crippen molar-refractivity contribution in [2.45, 2.75) is 18.6 Å². The second-order valence-corrected chi connectivity index (χ2v) is 6.15. The van der Waals surface area contributed by atoms with Crippen LogP contribution in [0.4, 0.5) is 0 Å². The maximum absolute atomic E-state index is 11.7. The molecule has 2 rings (SSSR count). The van der Waals surface area contributed by atoms with Crippen molar-refractivity contribution in [3.05, 3.63) is 35.4 Å². The molecule has 1 aromatic rings. The van der Waals surface area contributed by atoms with Gasteiger partial charge in [-0.1, -0.05) is 12.1 Å². The number of aliphatic carboxylic acids is 1. The molecule has 0 saturated heterocycles. The Labute approximate surface area is 127 Å². The van der Waals surface area contributed by atoms with Crippen LogP contribution in [0, 0.1) is 16.7 Å². The molecule has 6 heteroatoms. The number of nitriles is 1. The fourth-order valence-electron chi connectivity index (χ4n) is 1.87. The lowest BCUT2D eigenvalue weighted by atomic mass is 10.1. The molecule has 0 heterocycles. The maximum Gasteiger partial charge on any atom is 0.311 e. The average Bonchev–Trinajstić information content (AvgIpc) is 3.27. The van der Waals surface area contributed by atoms with E-state index in [4.69, 9.17) is 10.4 Å². The van der Waals surface area contributed by atoms with E-state index in [1.165, 1.54) is 11.8 Å². The molecule has 0 aliphatic heterocycles. The number of hydrogen-bond donors (Lipinski definition) is 2. The largest absolute Gasteiger partial charge is 0.481 e. The summed E-state index contributed by atoms with van der Waals surface area (Å²) in [6.07, 6.45) is 1.28. The number of rotatable bonds is 7. The van der Waals surface area contributed by atoms with Gasteiger partial charge in [0.05, 0.1) is 22.8 Å². The van der Waals surface area contributed by atoms with Crippen LogP contribution in [0.1, 0.15) is 24.0 Å². The van der Waals surface area contributed by atoms with Gasteiger partial charge in [0.2, 0.25) is 5.91 Å². The maximum atomic E-state index is 11.7. The summed E-state index contributed by atoms with van der Waals surface area (Å²) in [6.45, 7) is 0.221. The number of amides is 1. The van der Waals surface area contributed by atoms with Crippen LogP contribution in [0.2, 0.25) is 0 Å². The predicted molar refractivity (Wildman–Crippen MR) is 79.6 cm³/mol. The summed E-state index contributed by atoms with van der Waals surface area (Å²) < 4.78 is 0. The summed E-state index contributed by atoms with van der Waals surface area (Å²) in [6, 6.07) is 9.29. The lowest BCUT2D eigenvalue weighted by Crippen LogP contribution is -2.35. The Morgan fingerprint density at radius 2 is 2.00 bits per heavy atom. The fraction of sp³-hybridized carbons (Fsp3) is 0.400. The molecule has 0 spiro atoms. The normalized spacial score (nSPS) is 15.0. The molecule has 1 aliphatic rings. The molecule has 0 unspecified atom stereocenters. The molecule has 0 radical (unpaired) electrons. The highest BCUT2D eigenvalue weighted by Crippen LogP contribution is 2.45. The molecule has 21 heavy (non-hydrogen) atoms. The van der Waals surface area contributed by atoms with Crippen LogP contribution < -0.4 is 5.32 Å². The first kappa shape index (κ1) is 15.4. The van der Waals surface area contributed by atoms with Crippen molar-refractivity contribution in [1.29, 1.82) is 5.26 Å². The van der Waals surface area contributed by atoms with E-state index in [1.54, 1.807) is 12.1 Å². The molecule has 2 N–H and O–H groups in total. The van der Waals surface area contributed by atoms with Crippen molar-refractivity contribution in [1.82, 2.24) is 5.32 Å². The zero-order valence-corrected chi connectivity index (χ0v) is 12.3. The number of nitrogens with zero attached hydrogens (tertiary/aromatic N) is 1. The lowest BCUT2D eigenvalue weighted by Gasteiger charge is -2.10. The first-order valence-corrected chi connectivity index (χ1v) is 7.78. The number of carboxylic acids is 1. The number of benzene rings is 1. The van der Waals surface area contributed by atoms with Gasteiger partial charge in [-0.2, -0.15) is 5.26 Å². The predicted octanol–water partition coefficient (Wildman–Crippen LogP) is 1.77. The number of nitrogens with one attached hydrogen (secondary N) is 1. The van der Waals surface area contributed by atoms with E-state index in [1.807, 2.05) is 12.1 Å². The van der Waals surface area contributed by atoms with Gasteiger partial charge in [0, 0.05) is 12.3 Å². The minimum atomic E-state index is -0.826. The number of carboxylic acid groups (broad SMARTS) is 1. The van der Waals surface area contributed by atoms with Crippen LogP contribution in [0.5, 0.6) is 0 Å². The lowest BCUT2D eigenvalue weighted by molar-refractivity contribution is -0.143. The third-order valence-corrected chi connectivity index (χ3v) is 4.52. The molecular formula is C15H16N2O3S. The van der Waals surface area contributed by atoms with Gasteiger partial charge in [0.15, 0.2) is 0 Å². The van der Waals surface area contributed by atoms with Gasteiger partial charge in [0.1, 0.15) is 0 Å². The second kappa shape index (κ2) is 6.64. The van der Waals surface area contributed by atoms with Crippen LogP contribution in [0.25, 0.3) is 0 Å². The number of carbonyl (C=O) groups excluding carboxylic acids is 1. The Hall–Kier alpha value is -2.00. The van der Waals surface area contributed by atoms with Gasteiger partial charge >= 0.3 is 5.97 Å². The molecule has 110 valence electrons. The summed E-state index contributed by atoms with van der Waals surface area (Å²) in [4.78, 5) is 22.6. The van der Waals surface area contributed by atoms with E-state index in [0.29, 0.717) is 29.9 Å². The summed E-state index contributed by atoms with van der Waals surface area (Å²) in [7, 11) is 0. The first-order valence-electron chi connectivity index (χ1n) is 6.63. The molecule has 1 aliphatic carbocycles. The van der Waals surface area contributed by atoms with Crippen molar-refractivity contribution < 1.29 is 14.7 Å². The minimum Gasteiger partial charge on any atom is -0.481 e. The molecular weight excluding hydrogens is 288 g/mol. The minimum absolute atomic E-state index is 0.138. The van der Waals surface area contributed by atoms with Crippen LogP contribution in [0.15, 0.2) is 24.3 Å². The summed E-state index contributed by atoms with van der Waals surface area (Å²) in [5, 5.41) is 20.4. The molecule has 1 amide bonds. The van der Waals surface area contributed by atoms with Gasteiger partial charge in [-0.05, 0) is 30.5 Å². The van der Waals surface area contributed by atoms with Crippen LogP contribution in [0.3, 0.4) is 0 Å². The van der Waals surface area contributed by atoms with Crippen molar-refractivity contribution in [2.75, 3.05) is 12.3 Å². The van der Waals surface area contributed by atoms with Crippen molar-refractivity contribution in [2.24, 2.45) is 5.41 Å². The van der Waals surface area contributed by atoms with Crippen molar-refractivity contribution >= 4 is 23.6 Å². The van der Waals surface area contributed by atoms with Crippen molar-refractivity contribution in [3.8, 4) is 6.07 Å². The van der Waals surface area contributed by atoms with Crippen molar-refractivity contribution in [3.63, 3.8) is 0 Å². The number of hydrogen-bond acceptors (Lipinski definition) is 4. The van der Waals surface area contributed by atoms with Gasteiger partial charge in [-0.25, -0.2) is 0 Å². The van der Waals surface area contributed by atoms with Gasteiger partial charge in [-0.3, -0.25) is 9.59 Å². The van der Waals surface area contributed by atoms with Crippen LogP contribution >= 0.6 is 11.8 Å². The Balaban J connectivity index is 1.67.